The standard InChI is InChI=1S/C10H16N6O2/c1-15-7-8(6-13-15)14-9(17)11-2-4-16-5-3-12-10(16)18/h6-7H,2-5H2,1H3,(H,12,18)(H2,11,14,17). The minimum absolute atomic E-state index is 0.0792. The second-order valence-corrected chi connectivity index (χ2v) is 4.00. The van der Waals surface area contributed by atoms with Crippen molar-refractivity contribution in [2.45, 2.75) is 0 Å². The summed E-state index contributed by atoms with van der Waals surface area (Å²) in [6.45, 7) is 2.28. The molecule has 0 unspecified atom stereocenters. The highest BCUT2D eigenvalue weighted by Crippen LogP contribution is 2.02. The van der Waals surface area contributed by atoms with E-state index in [9.17, 15) is 9.59 Å². The summed E-state index contributed by atoms with van der Waals surface area (Å²) in [4.78, 5) is 24.4. The quantitative estimate of drug-likeness (QED) is 0.679. The number of rotatable bonds is 4. The summed E-state index contributed by atoms with van der Waals surface area (Å²) in [6, 6.07) is -0.382. The van der Waals surface area contributed by atoms with Gasteiger partial charge >= 0.3 is 12.1 Å². The number of hydrogen-bond donors (Lipinski definition) is 3. The highest BCUT2D eigenvalue weighted by atomic mass is 16.2. The molecule has 0 saturated carbocycles. The highest BCUT2D eigenvalue weighted by Gasteiger charge is 2.18. The third-order valence-electron chi connectivity index (χ3n) is 2.58. The van der Waals surface area contributed by atoms with Gasteiger partial charge in [0, 0.05) is 39.4 Å². The highest BCUT2D eigenvalue weighted by molar-refractivity contribution is 5.88. The number of aromatic nitrogens is 2. The van der Waals surface area contributed by atoms with Crippen molar-refractivity contribution in [2.75, 3.05) is 31.5 Å². The van der Waals surface area contributed by atoms with Gasteiger partial charge in [0.25, 0.3) is 0 Å². The minimum Gasteiger partial charge on any atom is -0.336 e. The predicted octanol–water partition coefficient (Wildman–Crippen LogP) is -0.433. The Morgan fingerprint density at radius 1 is 1.61 bits per heavy atom. The molecule has 1 aromatic heterocycles. The third-order valence-corrected chi connectivity index (χ3v) is 2.58. The van der Waals surface area contributed by atoms with E-state index in [1.54, 1.807) is 29.0 Å². The number of nitrogens with zero attached hydrogens (tertiary/aromatic N) is 3. The Morgan fingerprint density at radius 3 is 3.06 bits per heavy atom. The number of aryl methyl sites for hydroxylation is 1. The summed E-state index contributed by atoms with van der Waals surface area (Å²) in [7, 11) is 1.77. The summed E-state index contributed by atoms with van der Waals surface area (Å²) >= 11 is 0. The molecular formula is C10H16N6O2. The Balaban J connectivity index is 1.67. The Hall–Kier alpha value is -2.25. The van der Waals surface area contributed by atoms with Gasteiger partial charge in [-0.15, -0.1) is 0 Å². The molecule has 4 amide bonds. The largest absolute Gasteiger partial charge is 0.336 e. The first-order valence-corrected chi connectivity index (χ1v) is 5.71. The first-order chi connectivity index (χ1) is 8.65. The molecule has 2 heterocycles. The van der Waals surface area contributed by atoms with Gasteiger partial charge in [-0.1, -0.05) is 0 Å². The SMILES string of the molecule is Cn1cc(NC(=O)NCCN2CCNC2=O)cn1. The molecule has 1 saturated heterocycles. The van der Waals surface area contributed by atoms with Crippen molar-refractivity contribution in [3.8, 4) is 0 Å². The zero-order valence-electron chi connectivity index (χ0n) is 10.1. The molecule has 3 N–H and O–H groups in total. The van der Waals surface area contributed by atoms with Gasteiger partial charge in [0.15, 0.2) is 0 Å². The van der Waals surface area contributed by atoms with Crippen molar-refractivity contribution in [1.82, 2.24) is 25.3 Å². The monoisotopic (exact) mass is 252 g/mol. The van der Waals surface area contributed by atoms with Gasteiger partial charge < -0.3 is 20.9 Å². The van der Waals surface area contributed by atoms with Gasteiger partial charge in [0.05, 0.1) is 11.9 Å². The van der Waals surface area contributed by atoms with E-state index >= 15 is 0 Å². The lowest BCUT2D eigenvalue weighted by Crippen LogP contribution is -2.38. The molecule has 0 bridgehead atoms. The first-order valence-electron chi connectivity index (χ1n) is 5.71. The van der Waals surface area contributed by atoms with Crippen LogP contribution >= 0.6 is 0 Å². The maximum atomic E-state index is 11.5. The normalized spacial score (nSPS) is 14.5. The Morgan fingerprint density at radius 2 is 2.44 bits per heavy atom. The average Bonchev–Trinajstić information content (AvgIpc) is 2.89. The molecule has 0 atom stereocenters. The Labute approximate surface area is 104 Å². The molecule has 98 valence electrons. The number of nitrogens with one attached hydrogen (secondary N) is 3. The second-order valence-electron chi connectivity index (χ2n) is 4.00. The molecule has 2 rings (SSSR count). The molecule has 8 heteroatoms. The summed E-state index contributed by atoms with van der Waals surface area (Å²) in [5, 5.41) is 12.0. The van der Waals surface area contributed by atoms with Crippen LogP contribution in [0, 0.1) is 0 Å². The van der Waals surface area contributed by atoms with Crippen LogP contribution in [-0.2, 0) is 7.05 Å². The van der Waals surface area contributed by atoms with E-state index in [1.807, 2.05) is 0 Å². The maximum absolute atomic E-state index is 11.5. The van der Waals surface area contributed by atoms with Gasteiger partial charge in [-0.05, 0) is 0 Å². The molecule has 0 radical (unpaired) electrons. The van der Waals surface area contributed by atoms with Gasteiger partial charge in [0.2, 0.25) is 0 Å². The van der Waals surface area contributed by atoms with Crippen molar-refractivity contribution in [2.24, 2.45) is 7.05 Å². The molecular weight excluding hydrogens is 236 g/mol. The predicted molar refractivity (Wildman–Crippen MR) is 65.2 cm³/mol. The van der Waals surface area contributed by atoms with Crippen LogP contribution in [0.3, 0.4) is 0 Å². The average molecular weight is 252 g/mol. The van der Waals surface area contributed by atoms with E-state index in [2.05, 4.69) is 21.0 Å². The minimum atomic E-state index is -0.303. The Bertz CT molecular complexity index is 443. The molecule has 8 nitrogen and oxygen atoms in total. The van der Waals surface area contributed by atoms with E-state index in [1.165, 1.54) is 0 Å². The number of hydrogen-bond acceptors (Lipinski definition) is 3. The number of carbonyl (C=O) groups excluding carboxylic acids is 2. The lowest BCUT2D eigenvalue weighted by Gasteiger charge is -2.14. The van der Waals surface area contributed by atoms with E-state index in [4.69, 9.17) is 0 Å². The fraction of sp³-hybridized carbons (Fsp3) is 0.500. The number of amides is 4. The summed E-state index contributed by atoms with van der Waals surface area (Å²) in [6.07, 6.45) is 3.26. The summed E-state index contributed by atoms with van der Waals surface area (Å²) < 4.78 is 1.60. The van der Waals surface area contributed by atoms with Crippen LogP contribution in [0.1, 0.15) is 0 Å². The maximum Gasteiger partial charge on any atom is 0.319 e. The van der Waals surface area contributed by atoms with Gasteiger partial charge in [-0.3, -0.25) is 4.68 Å². The lowest BCUT2D eigenvalue weighted by molar-refractivity contribution is 0.216. The fourth-order valence-electron chi connectivity index (χ4n) is 1.69. The zero-order valence-corrected chi connectivity index (χ0v) is 10.1. The fourth-order valence-corrected chi connectivity index (χ4v) is 1.69. The van der Waals surface area contributed by atoms with Crippen LogP contribution in [0.2, 0.25) is 0 Å². The molecule has 18 heavy (non-hydrogen) atoms. The number of anilines is 1. The van der Waals surface area contributed by atoms with E-state index in [0.717, 1.165) is 0 Å². The van der Waals surface area contributed by atoms with Crippen LogP contribution in [0.25, 0.3) is 0 Å². The van der Waals surface area contributed by atoms with Crippen molar-refractivity contribution >= 4 is 17.7 Å². The lowest BCUT2D eigenvalue weighted by atomic mass is 10.5. The summed E-state index contributed by atoms with van der Waals surface area (Å²) in [5.74, 6) is 0. The van der Waals surface area contributed by atoms with Crippen molar-refractivity contribution < 1.29 is 9.59 Å². The zero-order chi connectivity index (χ0) is 13.0. The number of carbonyl (C=O) groups is 2. The topological polar surface area (TPSA) is 91.3 Å². The molecule has 0 aromatic carbocycles. The first kappa shape index (κ1) is 12.2. The molecule has 1 aromatic rings. The van der Waals surface area contributed by atoms with Crippen molar-refractivity contribution in [3.63, 3.8) is 0 Å². The van der Waals surface area contributed by atoms with Gasteiger partial charge in [0.1, 0.15) is 0 Å². The summed E-state index contributed by atoms with van der Waals surface area (Å²) in [5.41, 5.74) is 0.633. The third kappa shape index (κ3) is 3.12. The van der Waals surface area contributed by atoms with Crippen LogP contribution < -0.4 is 16.0 Å². The van der Waals surface area contributed by atoms with Crippen LogP contribution in [0.15, 0.2) is 12.4 Å². The Kier molecular flexibility index (Phi) is 3.66. The van der Waals surface area contributed by atoms with Crippen LogP contribution in [-0.4, -0.2) is 52.9 Å². The molecule has 1 aliphatic rings. The second kappa shape index (κ2) is 5.39. The van der Waals surface area contributed by atoms with E-state index in [0.29, 0.717) is 31.9 Å². The number of urea groups is 2. The van der Waals surface area contributed by atoms with Crippen LogP contribution in [0.4, 0.5) is 15.3 Å². The van der Waals surface area contributed by atoms with Crippen molar-refractivity contribution in [3.05, 3.63) is 12.4 Å². The molecule has 1 aliphatic heterocycles. The van der Waals surface area contributed by atoms with E-state index in [-0.39, 0.29) is 12.1 Å². The van der Waals surface area contributed by atoms with Crippen LogP contribution in [0.5, 0.6) is 0 Å². The molecule has 0 spiro atoms. The van der Waals surface area contributed by atoms with Gasteiger partial charge in [-0.2, -0.15) is 5.10 Å². The van der Waals surface area contributed by atoms with Crippen molar-refractivity contribution in [1.29, 1.82) is 0 Å². The smallest absolute Gasteiger partial charge is 0.319 e. The van der Waals surface area contributed by atoms with E-state index < -0.39 is 0 Å². The van der Waals surface area contributed by atoms with Gasteiger partial charge in [-0.25, -0.2) is 9.59 Å². The molecule has 0 aliphatic carbocycles. The molecule has 1 fully saturated rings.